The fraction of sp³-hybridized carbons (Fsp3) is 0.633. The Labute approximate surface area is 239 Å². The summed E-state index contributed by atoms with van der Waals surface area (Å²) in [6.07, 6.45) is 2.23. The van der Waals surface area contributed by atoms with Crippen LogP contribution in [-0.2, 0) is 30.5 Å². The fourth-order valence-electron chi connectivity index (χ4n) is 3.59. The lowest BCUT2D eigenvalue weighted by molar-refractivity contribution is -0.129. The number of hydrogen-bond acceptors (Lipinski definition) is 7. The Kier molecular flexibility index (Phi) is 18.1. The minimum absolute atomic E-state index is 0.0128. The number of alkyl carbamates (subject to hydrolysis) is 1. The zero-order valence-electron chi connectivity index (χ0n) is 25.4. The molecule has 0 radical (unpaired) electrons. The number of rotatable bonds is 15. The summed E-state index contributed by atoms with van der Waals surface area (Å²) < 4.78 is 5.16. The molecule has 1 aromatic carbocycles. The smallest absolute Gasteiger partial charge is 0.408 e. The monoisotopic (exact) mass is 562 g/mol. The Hall–Kier alpha value is -3.27. The molecule has 0 bridgehead atoms. The zero-order valence-corrected chi connectivity index (χ0v) is 25.4. The van der Waals surface area contributed by atoms with Crippen molar-refractivity contribution >= 4 is 29.5 Å². The van der Waals surface area contributed by atoms with Gasteiger partial charge in [0.1, 0.15) is 12.6 Å². The first-order chi connectivity index (χ1) is 18.7. The average Bonchev–Trinajstić information content (AvgIpc) is 2.89. The van der Waals surface area contributed by atoms with Gasteiger partial charge in [-0.15, -0.1) is 0 Å². The van der Waals surface area contributed by atoms with Crippen LogP contribution in [-0.4, -0.2) is 53.6 Å². The Balaban J connectivity index is 0.000000868. The first kappa shape index (κ1) is 36.7. The first-order valence-corrected chi connectivity index (χ1v) is 14.1. The van der Waals surface area contributed by atoms with Gasteiger partial charge in [-0.1, -0.05) is 84.7 Å². The second kappa shape index (κ2) is 19.7. The first-order valence-electron chi connectivity index (χ1n) is 14.1. The maximum Gasteiger partial charge on any atom is 0.408 e. The molecule has 5 N–H and O–H groups in total. The predicted molar refractivity (Wildman–Crippen MR) is 156 cm³/mol. The number of benzene rings is 1. The lowest BCUT2D eigenvalue weighted by atomic mass is 10.0. The number of carbonyl (C=O) groups excluding carboxylic acids is 5. The number of amides is 3. The van der Waals surface area contributed by atoms with Crippen LogP contribution >= 0.6 is 0 Å². The van der Waals surface area contributed by atoms with E-state index in [1.807, 2.05) is 71.9 Å². The molecule has 0 aliphatic heterocycles. The van der Waals surface area contributed by atoms with Crippen LogP contribution in [0.15, 0.2) is 30.3 Å². The molecule has 0 aliphatic rings. The van der Waals surface area contributed by atoms with Crippen LogP contribution in [0.4, 0.5) is 4.79 Å². The second-order valence-corrected chi connectivity index (χ2v) is 10.6. The van der Waals surface area contributed by atoms with Gasteiger partial charge in [0.15, 0.2) is 11.6 Å². The third-order valence-corrected chi connectivity index (χ3v) is 6.23. The zero-order chi connectivity index (χ0) is 30.8. The van der Waals surface area contributed by atoms with Gasteiger partial charge in [-0.25, -0.2) is 4.79 Å². The third-order valence-electron chi connectivity index (χ3n) is 6.23. The average molecular weight is 563 g/mol. The fourth-order valence-corrected chi connectivity index (χ4v) is 3.59. The van der Waals surface area contributed by atoms with Gasteiger partial charge < -0.3 is 26.4 Å². The number of ether oxygens (including phenoxy) is 1. The Morgan fingerprint density at radius 2 is 1.23 bits per heavy atom. The molecule has 1 aromatic rings. The van der Waals surface area contributed by atoms with Crippen molar-refractivity contribution in [2.45, 2.75) is 112 Å². The standard InChI is InChI=1S/C19H28N2O4.C11H22N2O2/c1-5-9-16(14(4)22)20-18(23)17(13(2)3)21-19(24)25-12-15-10-7-6-8-11-15;1-5-6-9(8(4)14)13-11(15)10(12)7(2)3/h6-8,10-11,13,16-17H,5,9,12H2,1-4H3,(H,20,23)(H,21,24);7,9-10H,5-6,12H2,1-4H3,(H,13,15)/t16-,17+;9-,10+/m00/s1. The SMILES string of the molecule is CCC[C@H](NC(=O)[C@H](N)C(C)C)C(C)=O.CCC[C@H](NC(=O)[C@H](NC(=O)OCc1ccccc1)C(C)C)C(C)=O. The number of nitrogens with one attached hydrogen (secondary N) is 3. The molecule has 0 aliphatic carbocycles. The van der Waals surface area contributed by atoms with Crippen molar-refractivity contribution in [1.82, 2.24) is 16.0 Å². The summed E-state index contributed by atoms with van der Waals surface area (Å²) in [5, 5.41) is 7.99. The van der Waals surface area contributed by atoms with Gasteiger partial charge in [0.2, 0.25) is 11.8 Å². The largest absolute Gasteiger partial charge is 0.445 e. The van der Waals surface area contributed by atoms with Crippen molar-refractivity contribution in [1.29, 1.82) is 0 Å². The molecule has 0 saturated carbocycles. The van der Waals surface area contributed by atoms with Gasteiger partial charge >= 0.3 is 6.09 Å². The quantitative estimate of drug-likeness (QED) is 0.254. The Bertz CT molecular complexity index is 935. The van der Waals surface area contributed by atoms with E-state index in [9.17, 15) is 24.0 Å². The highest BCUT2D eigenvalue weighted by molar-refractivity contribution is 5.91. The predicted octanol–water partition coefficient (Wildman–Crippen LogP) is 3.65. The summed E-state index contributed by atoms with van der Waals surface area (Å²) in [5.41, 5.74) is 6.54. The molecule has 0 saturated heterocycles. The maximum atomic E-state index is 12.5. The summed E-state index contributed by atoms with van der Waals surface area (Å²) in [6, 6.07) is 7.08. The van der Waals surface area contributed by atoms with E-state index in [1.165, 1.54) is 13.8 Å². The molecule has 226 valence electrons. The molecule has 0 fully saturated rings. The highest BCUT2D eigenvalue weighted by Gasteiger charge is 2.28. The van der Waals surface area contributed by atoms with Crippen molar-refractivity contribution < 1.29 is 28.7 Å². The topological polar surface area (TPSA) is 157 Å². The number of Topliss-reactive ketones (excluding diaryl/α,β-unsaturated/α-hetero) is 2. The van der Waals surface area contributed by atoms with E-state index in [-0.39, 0.29) is 47.9 Å². The van der Waals surface area contributed by atoms with E-state index in [0.29, 0.717) is 12.8 Å². The lowest BCUT2D eigenvalue weighted by Gasteiger charge is -2.24. The molecule has 0 aromatic heterocycles. The van der Waals surface area contributed by atoms with Crippen molar-refractivity contribution in [3.63, 3.8) is 0 Å². The molecule has 10 heteroatoms. The van der Waals surface area contributed by atoms with E-state index < -0.39 is 24.2 Å². The molecule has 40 heavy (non-hydrogen) atoms. The van der Waals surface area contributed by atoms with Gasteiger partial charge in [-0.2, -0.15) is 0 Å². The maximum absolute atomic E-state index is 12.5. The third kappa shape index (κ3) is 14.8. The molecule has 10 nitrogen and oxygen atoms in total. The van der Waals surface area contributed by atoms with Crippen LogP contribution in [0.2, 0.25) is 0 Å². The summed E-state index contributed by atoms with van der Waals surface area (Å²) in [5.74, 6) is -0.776. The van der Waals surface area contributed by atoms with Crippen molar-refractivity contribution in [2.75, 3.05) is 0 Å². The lowest BCUT2D eigenvalue weighted by Crippen LogP contribution is -2.53. The Morgan fingerprint density at radius 3 is 1.62 bits per heavy atom. The van der Waals surface area contributed by atoms with Crippen molar-refractivity contribution in [2.24, 2.45) is 17.6 Å². The van der Waals surface area contributed by atoms with E-state index in [2.05, 4.69) is 16.0 Å². The summed E-state index contributed by atoms with van der Waals surface area (Å²) in [4.78, 5) is 58.9. The number of ketones is 2. The van der Waals surface area contributed by atoms with Gasteiger partial charge in [-0.05, 0) is 44.1 Å². The molecule has 0 unspecified atom stereocenters. The molecule has 0 spiro atoms. The molecule has 3 amide bonds. The normalized spacial score (nSPS) is 13.7. The van der Waals surface area contributed by atoms with E-state index >= 15 is 0 Å². The van der Waals surface area contributed by atoms with Gasteiger partial charge in [-0.3, -0.25) is 19.2 Å². The summed E-state index contributed by atoms with van der Waals surface area (Å²) >= 11 is 0. The number of nitrogens with two attached hydrogens (primary N) is 1. The minimum atomic E-state index is -0.762. The van der Waals surface area contributed by atoms with E-state index in [1.54, 1.807) is 0 Å². The van der Waals surface area contributed by atoms with Gasteiger partial charge in [0, 0.05) is 0 Å². The van der Waals surface area contributed by atoms with Gasteiger partial charge in [0.05, 0.1) is 18.1 Å². The molecular weight excluding hydrogens is 512 g/mol. The molecule has 4 atom stereocenters. The van der Waals surface area contributed by atoms with Crippen LogP contribution < -0.4 is 21.7 Å². The Morgan fingerprint density at radius 1 is 0.750 bits per heavy atom. The minimum Gasteiger partial charge on any atom is -0.445 e. The number of hydrogen-bond donors (Lipinski definition) is 4. The van der Waals surface area contributed by atoms with Gasteiger partial charge in [0.25, 0.3) is 0 Å². The highest BCUT2D eigenvalue weighted by atomic mass is 16.5. The van der Waals surface area contributed by atoms with Crippen LogP contribution in [0.25, 0.3) is 0 Å². The summed E-state index contributed by atoms with van der Waals surface area (Å²) in [6.45, 7) is 14.4. The van der Waals surface area contributed by atoms with Crippen LogP contribution in [0, 0.1) is 11.8 Å². The number of carbonyl (C=O) groups is 5. The van der Waals surface area contributed by atoms with Crippen LogP contribution in [0.5, 0.6) is 0 Å². The highest BCUT2D eigenvalue weighted by Crippen LogP contribution is 2.07. The molecule has 0 heterocycles. The molecule has 1 rings (SSSR count). The second-order valence-electron chi connectivity index (χ2n) is 10.6. The van der Waals surface area contributed by atoms with Crippen molar-refractivity contribution in [3.8, 4) is 0 Å². The summed E-state index contributed by atoms with van der Waals surface area (Å²) in [7, 11) is 0. The van der Waals surface area contributed by atoms with E-state index in [4.69, 9.17) is 10.5 Å². The van der Waals surface area contributed by atoms with E-state index in [0.717, 1.165) is 18.4 Å². The molecular formula is C30H50N4O6. The van der Waals surface area contributed by atoms with Crippen LogP contribution in [0.1, 0.15) is 86.6 Å². The van der Waals surface area contributed by atoms with Crippen molar-refractivity contribution in [3.05, 3.63) is 35.9 Å². The van der Waals surface area contributed by atoms with Crippen LogP contribution in [0.3, 0.4) is 0 Å².